The normalized spacial score (nSPS) is 10.5. The fraction of sp³-hybridized carbons (Fsp3) is 0.182. The zero-order chi connectivity index (χ0) is 12.4. The summed E-state index contributed by atoms with van der Waals surface area (Å²) in [6.07, 6.45) is 0. The van der Waals surface area contributed by atoms with Crippen molar-refractivity contribution in [1.82, 2.24) is 15.0 Å². The van der Waals surface area contributed by atoms with Crippen LogP contribution in [0.25, 0.3) is 5.69 Å². The van der Waals surface area contributed by atoms with E-state index in [0.717, 1.165) is 17.1 Å². The van der Waals surface area contributed by atoms with E-state index < -0.39 is 5.97 Å². The topological polar surface area (TPSA) is 94.0 Å². The van der Waals surface area contributed by atoms with Gasteiger partial charge in [-0.1, -0.05) is 5.21 Å². The lowest BCUT2D eigenvalue weighted by molar-refractivity contribution is 0.0697. The smallest absolute Gasteiger partial charge is 0.335 e. The minimum absolute atomic E-state index is 0.241. The molecule has 1 aromatic carbocycles. The Morgan fingerprint density at radius 3 is 2.53 bits per heavy atom. The predicted octanol–water partition coefficient (Wildman–Crippen LogP) is 0.733. The maximum Gasteiger partial charge on any atom is 0.335 e. The van der Waals surface area contributed by atoms with E-state index >= 15 is 0 Å². The molecule has 3 N–H and O–H groups in total. The second-order valence-electron chi connectivity index (χ2n) is 3.59. The molecule has 0 aliphatic heterocycles. The molecule has 88 valence electrons. The molecule has 6 heteroatoms. The van der Waals surface area contributed by atoms with E-state index in [1.165, 1.54) is 12.1 Å². The van der Waals surface area contributed by atoms with Gasteiger partial charge in [0.2, 0.25) is 0 Å². The maximum absolute atomic E-state index is 10.7. The van der Waals surface area contributed by atoms with E-state index in [1.54, 1.807) is 16.8 Å². The Labute approximate surface area is 97.7 Å². The summed E-state index contributed by atoms with van der Waals surface area (Å²) in [7, 11) is 0. The van der Waals surface area contributed by atoms with Crippen LogP contribution >= 0.6 is 0 Å². The van der Waals surface area contributed by atoms with Gasteiger partial charge in [-0.05, 0) is 31.2 Å². The Kier molecular flexibility index (Phi) is 2.88. The third-order valence-electron chi connectivity index (χ3n) is 2.54. The molecule has 2 aromatic rings. The van der Waals surface area contributed by atoms with E-state index in [2.05, 4.69) is 10.3 Å². The number of nitrogens with zero attached hydrogens (tertiary/aromatic N) is 3. The third kappa shape index (κ3) is 2.02. The number of rotatable bonds is 3. The average Bonchev–Trinajstić information content (AvgIpc) is 2.70. The number of carbonyl (C=O) groups is 1. The average molecular weight is 232 g/mol. The molecule has 17 heavy (non-hydrogen) atoms. The van der Waals surface area contributed by atoms with E-state index in [4.69, 9.17) is 10.8 Å². The monoisotopic (exact) mass is 232 g/mol. The van der Waals surface area contributed by atoms with Crippen LogP contribution in [0.1, 0.15) is 21.7 Å². The van der Waals surface area contributed by atoms with Crippen LogP contribution in [-0.2, 0) is 6.54 Å². The molecule has 0 aliphatic carbocycles. The van der Waals surface area contributed by atoms with Gasteiger partial charge < -0.3 is 10.8 Å². The quantitative estimate of drug-likeness (QED) is 0.813. The van der Waals surface area contributed by atoms with Crippen molar-refractivity contribution in [3.63, 3.8) is 0 Å². The summed E-state index contributed by atoms with van der Waals surface area (Å²) in [6, 6.07) is 6.43. The van der Waals surface area contributed by atoms with Gasteiger partial charge in [-0.15, -0.1) is 5.10 Å². The number of benzene rings is 1. The third-order valence-corrected chi connectivity index (χ3v) is 2.54. The Balaban J connectivity index is 2.39. The first-order valence-electron chi connectivity index (χ1n) is 5.08. The second kappa shape index (κ2) is 4.34. The Morgan fingerprint density at radius 1 is 1.41 bits per heavy atom. The first kappa shape index (κ1) is 11.3. The number of carboxylic acids is 1. The van der Waals surface area contributed by atoms with Crippen LogP contribution in [0, 0.1) is 6.92 Å². The molecule has 0 fully saturated rings. The summed E-state index contributed by atoms with van der Waals surface area (Å²) < 4.78 is 1.63. The summed E-state index contributed by atoms with van der Waals surface area (Å²) in [5, 5.41) is 16.7. The van der Waals surface area contributed by atoms with Crippen LogP contribution in [-0.4, -0.2) is 26.1 Å². The van der Waals surface area contributed by atoms with Crippen LogP contribution in [0.2, 0.25) is 0 Å². The molecule has 1 heterocycles. The number of nitrogens with two attached hydrogens (primary N) is 1. The zero-order valence-electron chi connectivity index (χ0n) is 9.29. The van der Waals surface area contributed by atoms with Crippen molar-refractivity contribution >= 4 is 5.97 Å². The van der Waals surface area contributed by atoms with Crippen molar-refractivity contribution < 1.29 is 9.90 Å². The number of hydrogen-bond acceptors (Lipinski definition) is 4. The van der Waals surface area contributed by atoms with Gasteiger partial charge in [-0.25, -0.2) is 9.48 Å². The summed E-state index contributed by atoms with van der Waals surface area (Å²) >= 11 is 0. The first-order valence-corrected chi connectivity index (χ1v) is 5.08. The fourth-order valence-corrected chi connectivity index (χ4v) is 1.54. The van der Waals surface area contributed by atoms with Crippen molar-refractivity contribution in [1.29, 1.82) is 0 Å². The predicted molar refractivity (Wildman–Crippen MR) is 60.9 cm³/mol. The zero-order valence-corrected chi connectivity index (χ0v) is 9.29. The molecule has 0 atom stereocenters. The first-order chi connectivity index (χ1) is 8.13. The number of aromatic carboxylic acids is 1. The summed E-state index contributed by atoms with van der Waals surface area (Å²) in [4.78, 5) is 10.7. The summed E-state index contributed by atoms with van der Waals surface area (Å²) in [6.45, 7) is 2.20. The Bertz CT molecular complexity index is 545. The van der Waals surface area contributed by atoms with E-state index in [0.29, 0.717) is 6.54 Å². The van der Waals surface area contributed by atoms with Crippen LogP contribution in [0.3, 0.4) is 0 Å². The standard InChI is InChI=1S/C11H12N4O2/c1-7-10(6-12)13-14-15(7)9-4-2-8(3-5-9)11(16)17/h2-5H,6,12H2,1H3,(H,16,17). The molecule has 0 spiro atoms. The highest BCUT2D eigenvalue weighted by molar-refractivity contribution is 5.87. The molecular formula is C11H12N4O2. The van der Waals surface area contributed by atoms with Gasteiger partial charge in [0.1, 0.15) is 0 Å². The fourth-order valence-electron chi connectivity index (χ4n) is 1.54. The van der Waals surface area contributed by atoms with E-state index in [-0.39, 0.29) is 5.56 Å². The molecule has 0 radical (unpaired) electrons. The van der Waals surface area contributed by atoms with Crippen molar-refractivity contribution in [3.05, 3.63) is 41.2 Å². The van der Waals surface area contributed by atoms with Gasteiger partial charge in [0, 0.05) is 6.54 Å². The highest BCUT2D eigenvalue weighted by Gasteiger charge is 2.09. The lowest BCUT2D eigenvalue weighted by Gasteiger charge is -2.03. The van der Waals surface area contributed by atoms with E-state index in [1.807, 2.05) is 6.92 Å². The molecule has 0 saturated carbocycles. The van der Waals surface area contributed by atoms with Crippen LogP contribution in [0.5, 0.6) is 0 Å². The SMILES string of the molecule is Cc1c(CN)nnn1-c1ccc(C(=O)O)cc1. The van der Waals surface area contributed by atoms with Crippen LogP contribution < -0.4 is 5.73 Å². The summed E-state index contributed by atoms with van der Waals surface area (Å²) in [5.41, 5.74) is 8.10. The van der Waals surface area contributed by atoms with Crippen LogP contribution in [0.15, 0.2) is 24.3 Å². The van der Waals surface area contributed by atoms with Gasteiger partial charge in [-0.3, -0.25) is 0 Å². The van der Waals surface area contributed by atoms with Gasteiger partial charge in [0.15, 0.2) is 0 Å². The van der Waals surface area contributed by atoms with Gasteiger partial charge in [0.05, 0.1) is 22.6 Å². The van der Waals surface area contributed by atoms with Crippen molar-refractivity contribution in [3.8, 4) is 5.69 Å². The van der Waals surface area contributed by atoms with Crippen molar-refractivity contribution in [2.45, 2.75) is 13.5 Å². The van der Waals surface area contributed by atoms with Crippen molar-refractivity contribution in [2.75, 3.05) is 0 Å². The van der Waals surface area contributed by atoms with Crippen LogP contribution in [0.4, 0.5) is 0 Å². The molecule has 0 unspecified atom stereocenters. The molecule has 0 aliphatic rings. The van der Waals surface area contributed by atoms with E-state index in [9.17, 15) is 4.79 Å². The second-order valence-corrected chi connectivity index (χ2v) is 3.59. The van der Waals surface area contributed by atoms with Gasteiger partial charge in [0.25, 0.3) is 0 Å². The Morgan fingerprint density at radius 2 is 2.06 bits per heavy atom. The number of hydrogen-bond donors (Lipinski definition) is 2. The lowest BCUT2D eigenvalue weighted by Crippen LogP contribution is -2.03. The molecule has 0 saturated heterocycles. The number of aromatic nitrogens is 3. The maximum atomic E-state index is 10.7. The largest absolute Gasteiger partial charge is 0.478 e. The molecule has 0 bridgehead atoms. The molecule has 1 aromatic heterocycles. The Hall–Kier alpha value is -2.21. The molecular weight excluding hydrogens is 220 g/mol. The minimum atomic E-state index is -0.950. The highest BCUT2D eigenvalue weighted by Crippen LogP contribution is 2.12. The van der Waals surface area contributed by atoms with Crippen molar-refractivity contribution in [2.24, 2.45) is 5.73 Å². The molecule has 0 amide bonds. The molecule has 2 rings (SSSR count). The highest BCUT2D eigenvalue weighted by atomic mass is 16.4. The van der Waals surface area contributed by atoms with Gasteiger partial charge >= 0.3 is 5.97 Å². The lowest BCUT2D eigenvalue weighted by atomic mass is 10.2. The number of carboxylic acid groups (broad SMARTS) is 1. The summed E-state index contributed by atoms with van der Waals surface area (Å²) in [5.74, 6) is -0.950. The minimum Gasteiger partial charge on any atom is -0.478 e. The molecule has 6 nitrogen and oxygen atoms in total. The van der Waals surface area contributed by atoms with Gasteiger partial charge in [-0.2, -0.15) is 0 Å².